The summed E-state index contributed by atoms with van der Waals surface area (Å²) in [5.41, 5.74) is 5.41. The number of nitrogens with one attached hydrogen (secondary N) is 1. The molecular weight excluding hydrogens is 232 g/mol. The van der Waals surface area contributed by atoms with Gasteiger partial charge in [0, 0.05) is 12.1 Å². The summed E-state index contributed by atoms with van der Waals surface area (Å²) in [6.07, 6.45) is 5.03. The molecule has 0 aliphatic heterocycles. The first-order valence-electron chi connectivity index (χ1n) is 6.25. The van der Waals surface area contributed by atoms with Gasteiger partial charge in [-0.25, -0.2) is 4.98 Å². The highest BCUT2D eigenvalue weighted by molar-refractivity contribution is 5.57. The van der Waals surface area contributed by atoms with Crippen molar-refractivity contribution in [2.24, 2.45) is 5.92 Å². The van der Waals surface area contributed by atoms with Gasteiger partial charge in [-0.1, -0.05) is 12.8 Å². The Hall–Kier alpha value is -1.85. The third-order valence-corrected chi connectivity index (χ3v) is 3.58. The zero-order valence-electron chi connectivity index (χ0n) is 10.4. The number of nitrogen functional groups attached to an aromatic ring is 1. The molecule has 1 aromatic rings. The zero-order valence-corrected chi connectivity index (χ0v) is 10.4. The maximum atomic E-state index is 10.6. The number of anilines is 2. The first-order valence-corrected chi connectivity index (χ1v) is 6.25. The van der Waals surface area contributed by atoms with E-state index in [1.165, 1.54) is 31.7 Å². The van der Waals surface area contributed by atoms with Gasteiger partial charge in [0.2, 0.25) is 5.82 Å². The highest BCUT2D eigenvalue weighted by atomic mass is 16.6. The van der Waals surface area contributed by atoms with Crippen LogP contribution in [-0.4, -0.2) is 15.9 Å². The van der Waals surface area contributed by atoms with E-state index in [4.69, 9.17) is 5.73 Å². The average Bonchev–Trinajstić information content (AvgIpc) is 2.81. The maximum Gasteiger partial charge on any atom is 0.311 e. The number of nitrogens with two attached hydrogens (primary N) is 1. The molecule has 0 radical (unpaired) electrons. The minimum Gasteiger partial charge on any atom is -0.378 e. The fourth-order valence-electron chi connectivity index (χ4n) is 2.51. The lowest BCUT2D eigenvalue weighted by atomic mass is 10.00. The molecule has 6 heteroatoms. The van der Waals surface area contributed by atoms with Crippen molar-refractivity contribution >= 4 is 17.3 Å². The van der Waals surface area contributed by atoms with E-state index in [1.807, 2.05) is 0 Å². The standard InChI is InChI=1S/C12H18N4O2/c1-8(9-4-2-3-5-9)14-11-7-6-10(16(17)18)12(13)15-11/h6-9H,2-5H2,1H3,(H3,13,14,15). The Morgan fingerprint density at radius 3 is 2.72 bits per heavy atom. The fourth-order valence-corrected chi connectivity index (χ4v) is 2.51. The number of hydrogen-bond acceptors (Lipinski definition) is 5. The van der Waals surface area contributed by atoms with Gasteiger partial charge in [-0.15, -0.1) is 0 Å². The van der Waals surface area contributed by atoms with Crippen molar-refractivity contribution in [1.82, 2.24) is 4.98 Å². The van der Waals surface area contributed by atoms with Gasteiger partial charge in [0.1, 0.15) is 5.82 Å². The molecule has 6 nitrogen and oxygen atoms in total. The molecule has 1 heterocycles. The molecule has 0 bridgehead atoms. The minimum absolute atomic E-state index is 0.0383. The number of pyridine rings is 1. The van der Waals surface area contributed by atoms with Crippen molar-refractivity contribution in [2.75, 3.05) is 11.1 Å². The number of nitro groups is 1. The van der Waals surface area contributed by atoms with Crippen molar-refractivity contribution in [1.29, 1.82) is 0 Å². The van der Waals surface area contributed by atoms with E-state index in [2.05, 4.69) is 17.2 Å². The molecule has 1 aliphatic carbocycles. The zero-order chi connectivity index (χ0) is 13.1. The molecule has 18 heavy (non-hydrogen) atoms. The van der Waals surface area contributed by atoms with Crippen LogP contribution in [0.25, 0.3) is 0 Å². The molecule has 0 amide bonds. The Labute approximate surface area is 106 Å². The lowest BCUT2D eigenvalue weighted by Gasteiger charge is -2.20. The van der Waals surface area contributed by atoms with Crippen LogP contribution in [0.3, 0.4) is 0 Å². The van der Waals surface area contributed by atoms with E-state index in [1.54, 1.807) is 6.07 Å². The third kappa shape index (κ3) is 2.69. The Bertz CT molecular complexity index is 444. The quantitative estimate of drug-likeness (QED) is 0.632. The molecule has 1 atom stereocenters. The van der Waals surface area contributed by atoms with E-state index in [9.17, 15) is 10.1 Å². The Balaban J connectivity index is 2.05. The van der Waals surface area contributed by atoms with Crippen LogP contribution in [-0.2, 0) is 0 Å². The number of nitrogens with zero attached hydrogens (tertiary/aromatic N) is 2. The van der Waals surface area contributed by atoms with Gasteiger partial charge >= 0.3 is 5.69 Å². The second-order valence-corrected chi connectivity index (χ2v) is 4.84. The summed E-state index contributed by atoms with van der Waals surface area (Å²) in [5, 5.41) is 13.9. The third-order valence-electron chi connectivity index (χ3n) is 3.58. The number of aromatic nitrogens is 1. The highest BCUT2D eigenvalue weighted by Gasteiger charge is 2.22. The van der Waals surface area contributed by atoms with Crippen molar-refractivity contribution < 1.29 is 4.92 Å². The van der Waals surface area contributed by atoms with E-state index in [0.717, 1.165) is 0 Å². The van der Waals surface area contributed by atoms with Crippen molar-refractivity contribution in [3.8, 4) is 0 Å². The highest BCUT2D eigenvalue weighted by Crippen LogP contribution is 2.29. The summed E-state index contributed by atoms with van der Waals surface area (Å²) < 4.78 is 0. The first kappa shape index (κ1) is 12.6. The SMILES string of the molecule is CC(Nc1ccc([N+](=O)[O-])c(N)n1)C1CCCC1. The molecule has 0 saturated heterocycles. The molecule has 1 aliphatic rings. The van der Waals surface area contributed by atoms with Crippen LogP contribution in [0.15, 0.2) is 12.1 Å². The predicted octanol–water partition coefficient (Wildman–Crippen LogP) is 2.56. The topological polar surface area (TPSA) is 94.1 Å². The number of rotatable bonds is 4. The first-order chi connectivity index (χ1) is 8.58. The summed E-state index contributed by atoms with van der Waals surface area (Å²) in [4.78, 5) is 14.1. The summed E-state index contributed by atoms with van der Waals surface area (Å²) in [6.45, 7) is 2.12. The van der Waals surface area contributed by atoms with Gasteiger partial charge in [0.15, 0.2) is 0 Å². The Morgan fingerprint density at radius 2 is 2.17 bits per heavy atom. The molecule has 1 aromatic heterocycles. The van der Waals surface area contributed by atoms with Crippen molar-refractivity contribution in [3.05, 3.63) is 22.2 Å². The predicted molar refractivity (Wildman–Crippen MR) is 70.3 cm³/mol. The smallest absolute Gasteiger partial charge is 0.311 e. The molecule has 3 N–H and O–H groups in total. The van der Waals surface area contributed by atoms with Gasteiger partial charge in [-0.3, -0.25) is 10.1 Å². The second-order valence-electron chi connectivity index (χ2n) is 4.84. The molecule has 2 rings (SSSR count). The molecule has 1 saturated carbocycles. The summed E-state index contributed by atoms with van der Waals surface area (Å²) >= 11 is 0. The van der Waals surface area contributed by atoms with Gasteiger partial charge in [-0.2, -0.15) is 0 Å². The molecule has 98 valence electrons. The van der Waals surface area contributed by atoms with Crippen LogP contribution in [0.2, 0.25) is 0 Å². The summed E-state index contributed by atoms with van der Waals surface area (Å²) in [6, 6.07) is 3.33. The van der Waals surface area contributed by atoms with Crippen molar-refractivity contribution in [2.45, 2.75) is 38.6 Å². The number of hydrogen-bond donors (Lipinski definition) is 2. The minimum atomic E-state index is -0.521. The maximum absolute atomic E-state index is 10.6. The lowest BCUT2D eigenvalue weighted by molar-refractivity contribution is -0.384. The van der Waals surface area contributed by atoms with Crippen LogP contribution >= 0.6 is 0 Å². The summed E-state index contributed by atoms with van der Waals surface area (Å²) in [5.74, 6) is 1.23. The largest absolute Gasteiger partial charge is 0.378 e. The second kappa shape index (κ2) is 5.20. The lowest BCUT2D eigenvalue weighted by Crippen LogP contribution is -2.24. The van der Waals surface area contributed by atoms with Gasteiger partial charge in [0.25, 0.3) is 0 Å². The van der Waals surface area contributed by atoms with Gasteiger partial charge < -0.3 is 11.1 Å². The van der Waals surface area contributed by atoms with Crippen LogP contribution in [0, 0.1) is 16.0 Å². The van der Waals surface area contributed by atoms with Gasteiger partial charge in [-0.05, 0) is 31.7 Å². The van der Waals surface area contributed by atoms with E-state index in [0.29, 0.717) is 17.8 Å². The molecule has 1 fully saturated rings. The molecule has 1 unspecified atom stereocenters. The monoisotopic (exact) mass is 250 g/mol. The normalized spacial score (nSPS) is 17.6. The molecule has 0 spiro atoms. The average molecular weight is 250 g/mol. The van der Waals surface area contributed by atoms with E-state index in [-0.39, 0.29) is 11.5 Å². The van der Waals surface area contributed by atoms with Gasteiger partial charge in [0.05, 0.1) is 4.92 Å². The Kier molecular flexibility index (Phi) is 3.64. The molecule has 0 aromatic carbocycles. The van der Waals surface area contributed by atoms with Crippen LogP contribution in [0.5, 0.6) is 0 Å². The fraction of sp³-hybridized carbons (Fsp3) is 0.583. The van der Waals surface area contributed by atoms with Crippen LogP contribution in [0.1, 0.15) is 32.6 Å². The summed E-state index contributed by atoms with van der Waals surface area (Å²) in [7, 11) is 0. The van der Waals surface area contributed by atoms with E-state index < -0.39 is 4.92 Å². The van der Waals surface area contributed by atoms with Crippen molar-refractivity contribution in [3.63, 3.8) is 0 Å². The van der Waals surface area contributed by atoms with Crippen LogP contribution < -0.4 is 11.1 Å². The Morgan fingerprint density at radius 1 is 1.50 bits per heavy atom. The van der Waals surface area contributed by atoms with Crippen LogP contribution in [0.4, 0.5) is 17.3 Å². The molecular formula is C12H18N4O2. The van der Waals surface area contributed by atoms with E-state index >= 15 is 0 Å².